The molecular weight excluding hydrogens is 386 g/mol. The van der Waals surface area contributed by atoms with Gasteiger partial charge in [-0.1, -0.05) is 18.2 Å². The Bertz CT molecular complexity index is 807. The number of thiophene rings is 1. The maximum Gasteiger partial charge on any atom is 0.264 e. The third-order valence-corrected chi connectivity index (χ3v) is 6.34. The fourth-order valence-electron chi connectivity index (χ4n) is 3.98. The number of nitrogens with one attached hydrogen (secondary N) is 1. The molecule has 1 fully saturated rings. The number of benzene rings is 1. The molecule has 0 spiro atoms. The molecule has 1 aliphatic heterocycles. The minimum absolute atomic E-state index is 0.0620. The molecule has 6 nitrogen and oxygen atoms in total. The van der Waals surface area contributed by atoms with Gasteiger partial charge in [0.15, 0.2) is 0 Å². The molecule has 0 saturated carbocycles. The van der Waals surface area contributed by atoms with Gasteiger partial charge in [-0.2, -0.15) is 0 Å². The van der Waals surface area contributed by atoms with Gasteiger partial charge in [-0.15, -0.1) is 11.3 Å². The van der Waals surface area contributed by atoms with Gasteiger partial charge < -0.3 is 15.0 Å². The van der Waals surface area contributed by atoms with Gasteiger partial charge >= 0.3 is 0 Å². The number of carbonyl (C=O) groups excluding carboxylic acids is 2. The van der Waals surface area contributed by atoms with Crippen molar-refractivity contribution in [1.29, 1.82) is 0 Å². The van der Waals surface area contributed by atoms with E-state index in [1.165, 1.54) is 21.8 Å². The van der Waals surface area contributed by atoms with Gasteiger partial charge in [0.05, 0.1) is 18.5 Å². The first kappa shape index (κ1) is 21.3. The second kappa shape index (κ2) is 9.89. The monoisotopic (exact) mass is 415 g/mol. The number of carbonyl (C=O) groups is 2. The maximum atomic E-state index is 12.4. The van der Waals surface area contributed by atoms with Crippen LogP contribution in [0.15, 0.2) is 41.8 Å². The molecule has 1 saturated heterocycles. The summed E-state index contributed by atoms with van der Waals surface area (Å²) in [5.41, 5.74) is 1.23. The summed E-state index contributed by atoms with van der Waals surface area (Å²) in [5, 5.41) is 4.91. The first-order chi connectivity index (χ1) is 14.0. The average Bonchev–Trinajstić information content (AvgIpc) is 3.26. The van der Waals surface area contributed by atoms with Crippen molar-refractivity contribution in [2.45, 2.75) is 18.9 Å². The third kappa shape index (κ3) is 5.36. The van der Waals surface area contributed by atoms with Crippen molar-refractivity contribution in [1.82, 2.24) is 15.1 Å². The molecule has 2 heterocycles. The highest BCUT2D eigenvalue weighted by Crippen LogP contribution is 2.35. The van der Waals surface area contributed by atoms with E-state index in [4.69, 9.17) is 4.74 Å². The summed E-state index contributed by atoms with van der Waals surface area (Å²) in [6, 6.07) is 12.0. The Morgan fingerprint density at radius 1 is 1.28 bits per heavy atom. The van der Waals surface area contributed by atoms with Gasteiger partial charge in [-0.25, -0.2) is 0 Å². The zero-order valence-corrected chi connectivity index (χ0v) is 18.1. The molecule has 2 unspecified atom stereocenters. The molecule has 3 rings (SSSR count). The van der Waals surface area contributed by atoms with Crippen molar-refractivity contribution in [3.8, 4) is 5.75 Å². The van der Waals surface area contributed by atoms with E-state index >= 15 is 0 Å². The van der Waals surface area contributed by atoms with Gasteiger partial charge in [-0.3, -0.25) is 14.5 Å². The molecule has 1 aromatic carbocycles. The molecule has 29 heavy (non-hydrogen) atoms. The predicted octanol–water partition coefficient (Wildman–Crippen LogP) is 3.03. The molecule has 2 atom stereocenters. The number of nitrogens with zero attached hydrogens (tertiary/aromatic N) is 2. The molecule has 1 N–H and O–H groups in total. The summed E-state index contributed by atoms with van der Waals surface area (Å²) in [4.78, 5) is 29.2. The molecule has 0 radical (unpaired) electrons. The molecule has 156 valence electrons. The molecule has 7 heteroatoms. The second-order valence-corrected chi connectivity index (χ2v) is 8.49. The highest BCUT2D eigenvalue weighted by atomic mass is 32.1. The second-order valence-electron chi connectivity index (χ2n) is 7.54. The first-order valence-electron chi connectivity index (χ1n) is 9.89. The Labute approximate surface area is 176 Å². The summed E-state index contributed by atoms with van der Waals surface area (Å²) in [6.45, 7) is 1.70. The highest BCUT2D eigenvalue weighted by molar-refractivity contribution is 7.12. The zero-order chi connectivity index (χ0) is 20.8. The average molecular weight is 416 g/mol. The van der Waals surface area contributed by atoms with Crippen LogP contribution in [0.25, 0.3) is 0 Å². The van der Waals surface area contributed by atoms with Crippen LogP contribution in [0.3, 0.4) is 0 Å². The summed E-state index contributed by atoms with van der Waals surface area (Å²) in [6.07, 6.45) is 2.17. The summed E-state index contributed by atoms with van der Waals surface area (Å²) in [5.74, 6) is 0.919. The van der Waals surface area contributed by atoms with Crippen molar-refractivity contribution in [3.63, 3.8) is 0 Å². The van der Waals surface area contributed by atoms with E-state index in [2.05, 4.69) is 29.4 Å². The Morgan fingerprint density at radius 3 is 2.69 bits per heavy atom. The van der Waals surface area contributed by atoms with Crippen LogP contribution in [0.1, 0.15) is 34.1 Å². The van der Waals surface area contributed by atoms with E-state index in [-0.39, 0.29) is 24.4 Å². The van der Waals surface area contributed by atoms with Crippen molar-refractivity contribution in [2.24, 2.45) is 5.92 Å². The van der Waals surface area contributed by atoms with E-state index in [1.54, 1.807) is 20.2 Å². The van der Waals surface area contributed by atoms with Crippen molar-refractivity contribution in [3.05, 3.63) is 52.2 Å². The van der Waals surface area contributed by atoms with Crippen molar-refractivity contribution >= 4 is 23.2 Å². The normalized spacial score (nSPS) is 19.6. The van der Waals surface area contributed by atoms with Crippen LogP contribution in [0.5, 0.6) is 5.75 Å². The van der Waals surface area contributed by atoms with Crippen LogP contribution in [0.2, 0.25) is 0 Å². The number of piperidine rings is 1. The van der Waals surface area contributed by atoms with E-state index in [0.717, 1.165) is 25.1 Å². The van der Waals surface area contributed by atoms with Gasteiger partial charge in [0.2, 0.25) is 5.91 Å². The Kier molecular flexibility index (Phi) is 7.28. The summed E-state index contributed by atoms with van der Waals surface area (Å²) in [7, 11) is 5.47. The lowest BCUT2D eigenvalue weighted by molar-refractivity contribution is -0.121. The van der Waals surface area contributed by atoms with Crippen LogP contribution >= 0.6 is 11.3 Å². The molecule has 2 amide bonds. The lowest BCUT2D eigenvalue weighted by atomic mass is 9.85. The van der Waals surface area contributed by atoms with Gasteiger partial charge in [0.25, 0.3) is 5.91 Å². The molecule has 2 aromatic rings. The first-order valence-corrected chi connectivity index (χ1v) is 10.8. The highest BCUT2D eigenvalue weighted by Gasteiger charge is 2.31. The summed E-state index contributed by atoms with van der Waals surface area (Å²) >= 11 is 1.39. The van der Waals surface area contributed by atoms with Crippen molar-refractivity contribution < 1.29 is 14.3 Å². The predicted molar refractivity (Wildman–Crippen MR) is 115 cm³/mol. The fraction of sp³-hybridized carbons (Fsp3) is 0.455. The molecule has 0 aliphatic carbocycles. The number of amides is 2. The van der Waals surface area contributed by atoms with Gasteiger partial charge in [0, 0.05) is 19.6 Å². The summed E-state index contributed by atoms with van der Waals surface area (Å²) < 4.78 is 5.27. The number of hydrogen-bond acceptors (Lipinski definition) is 5. The van der Waals surface area contributed by atoms with E-state index in [0.29, 0.717) is 17.3 Å². The van der Waals surface area contributed by atoms with Crippen LogP contribution in [-0.4, -0.2) is 62.5 Å². The maximum absolute atomic E-state index is 12.4. The van der Waals surface area contributed by atoms with Crippen molar-refractivity contribution in [2.75, 3.05) is 40.8 Å². The topological polar surface area (TPSA) is 61.9 Å². The van der Waals surface area contributed by atoms with E-state index in [1.807, 2.05) is 23.6 Å². The number of hydrogen-bond donors (Lipinski definition) is 1. The Balaban J connectivity index is 1.58. The van der Waals surface area contributed by atoms with Gasteiger partial charge in [-0.05, 0) is 61.5 Å². The van der Waals surface area contributed by atoms with Crippen LogP contribution in [0.4, 0.5) is 0 Å². The minimum atomic E-state index is -0.126. The Hall–Kier alpha value is -2.38. The van der Waals surface area contributed by atoms with E-state index < -0.39 is 0 Å². The number of rotatable bonds is 7. The van der Waals surface area contributed by atoms with Crippen LogP contribution < -0.4 is 10.1 Å². The van der Waals surface area contributed by atoms with Crippen LogP contribution in [-0.2, 0) is 4.79 Å². The largest absolute Gasteiger partial charge is 0.497 e. The molecule has 1 aromatic heterocycles. The molecule has 0 bridgehead atoms. The Morgan fingerprint density at radius 2 is 2.03 bits per heavy atom. The minimum Gasteiger partial charge on any atom is -0.497 e. The lowest BCUT2D eigenvalue weighted by Crippen LogP contribution is -2.44. The van der Waals surface area contributed by atoms with Crippen LogP contribution in [0, 0.1) is 5.92 Å². The number of likely N-dealkylation sites (N-methyl/N-ethyl adjacent to an activating group) is 1. The van der Waals surface area contributed by atoms with E-state index in [9.17, 15) is 9.59 Å². The third-order valence-electron chi connectivity index (χ3n) is 5.49. The fourth-order valence-corrected chi connectivity index (χ4v) is 4.70. The zero-order valence-electron chi connectivity index (χ0n) is 17.3. The number of methoxy groups -OCH3 is 1. The quantitative estimate of drug-likeness (QED) is 0.755. The lowest BCUT2D eigenvalue weighted by Gasteiger charge is -2.39. The number of ether oxygens (including phenoxy) is 1. The number of likely N-dealkylation sites (tertiary alicyclic amines) is 1. The molecular formula is C22H29N3O3S. The molecule has 1 aliphatic rings. The smallest absolute Gasteiger partial charge is 0.264 e. The standard InChI is InChI=1S/C22H29N3O3S/c1-24-12-4-6-17(21(24)16-8-10-18(28-3)11-9-16)14-23-20(26)15-25(2)22(27)19-7-5-13-29-19/h5,7-11,13,17,21H,4,6,12,14-15H2,1-3H3,(H,23,26). The SMILES string of the molecule is COc1ccc(C2C(CNC(=O)CN(C)C(=O)c3cccs3)CCCN2C)cc1. The van der Waals surface area contributed by atoms with Gasteiger partial charge in [0.1, 0.15) is 5.75 Å².